The number of piperidine rings is 1. The minimum absolute atomic E-state index is 0.0428. The molecule has 0 radical (unpaired) electrons. The smallest absolute Gasteiger partial charge is 0.270 e. The van der Waals surface area contributed by atoms with E-state index in [1.165, 1.54) is 53.4 Å². The van der Waals surface area contributed by atoms with Crippen molar-refractivity contribution in [3.05, 3.63) is 75.6 Å². The average molecular weight is 511 g/mol. The zero-order valence-electron chi connectivity index (χ0n) is 20.2. The summed E-state index contributed by atoms with van der Waals surface area (Å²) in [5, 5.41) is 11.1. The number of hydrogen-bond donors (Lipinski definition) is 0. The Morgan fingerprint density at radius 3 is 2.24 bits per heavy atom. The topological polar surface area (TPSA) is 113 Å². The maximum absolute atomic E-state index is 13.7. The summed E-state index contributed by atoms with van der Waals surface area (Å²) in [6, 6.07) is 9.94. The summed E-state index contributed by atoms with van der Waals surface area (Å²) in [5.41, 5.74) is -0.803. The van der Waals surface area contributed by atoms with E-state index in [2.05, 4.69) is 0 Å². The predicted molar refractivity (Wildman–Crippen MR) is 129 cm³/mol. The highest BCUT2D eigenvalue weighted by atomic mass is 19.1. The van der Waals surface area contributed by atoms with Gasteiger partial charge in [-0.1, -0.05) is 6.07 Å². The number of rotatable bonds is 4. The molecule has 10 nitrogen and oxygen atoms in total. The van der Waals surface area contributed by atoms with Gasteiger partial charge in [0, 0.05) is 62.3 Å². The number of hydrogen-bond acceptors (Lipinski definition) is 6. The Bertz CT molecular complexity index is 1220. The van der Waals surface area contributed by atoms with E-state index in [9.17, 15) is 28.9 Å². The van der Waals surface area contributed by atoms with Gasteiger partial charge >= 0.3 is 0 Å². The van der Waals surface area contributed by atoms with Crippen molar-refractivity contribution in [2.24, 2.45) is 0 Å². The van der Waals surface area contributed by atoms with Crippen LogP contribution in [-0.4, -0.2) is 81.9 Å². The fraction of sp³-hybridized carbons (Fsp3) is 0.423. The second-order valence-corrected chi connectivity index (χ2v) is 9.59. The number of likely N-dealkylation sites (tertiary alicyclic amines) is 2. The summed E-state index contributed by atoms with van der Waals surface area (Å²) >= 11 is 0. The van der Waals surface area contributed by atoms with E-state index in [1.807, 2.05) is 0 Å². The fourth-order valence-corrected chi connectivity index (χ4v) is 5.43. The van der Waals surface area contributed by atoms with Crippen molar-refractivity contribution in [3.63, 3.8) is 0 Å². The molecule has 1 unspecified atom stereocenters. The molecular weight excluding hydrogens is 483 g/mol. The van der Waals surface area contributed by atoms with E-state index < -0.39 is 28.4 Å². The largest absolute Gasteiger partial charge is 0.353 e. The van der Waals surface area contributed by atoms with Gasteiger partial charge in [0.15, 0.2) is 0 Å². The molecule has 3 fully saturated rings. The lowest BCUT2D eigenvalue weighted by molar-refractivity contribution is -0.384. The predicted octanol–water partition coefficient (Wildman–Crippen LogP) is 2.83. The van der Waals surface area contributed by atoms with Gasteiger partial charge < -0.3 is 14.5 Å². The van der Waals surface area contributed by atoms with Gasteiger partial charge in [0.1, 0.15) is 17.6 Å². The van der Waals surface area contributed by atoms with Crippen LogP contribution in [0.25, 0.3) is 0 Å². The van der Waals surface area contributed by atoms with Crippen LogP contribution >= 0.6 is 0 Å². The third kappa shape index (κ3) is 4.66. The molecule has 0 saturated carbocycles. The summed E-state index contributed by atoms with van der Waals surface area (Å²) in [5.74, 6) is -1.41. The van der Waals surface area contributed by atoms with Gasteiger partial charge in [-0.2, -0.15) is 0 Å². The number of benzene rings is 2. The van der Waals surface area contributed by atoms with Crippen LogP contribution in [-0.2, 0) is 9.53 Å². The van der Waals surface area contributed by atoms with Gasteiger partial charge in [0.05, 0.1) is 11.5 Å². The Kier molecular flexibility index (Phi) is 6.63. The first-order valence-corrected chi connectivity index (χ1v) is 12.3. The third-order valence-corrected chi connectivity index (χ3v) is 7.41. The maximum Gasteiger partial charge on any atom is 0.270 e. The van der Waals surface area contributed by atoms with Gasteiger partial charge in [-0.15, -0.1) is 0 Å². The van der Waals surface area contributed by atoms with Crippen molar-refractivity contribution in [3.8, 4) is 0 Å². The van der Waals surface area contributed by atoms with Crippen LogP contribution in [0.5, 0.6) is 0 Å². The van der Waals surface area contributed by atoms with Crippen LogP contribution < -0.4 is 0 Å². The summed E-state index contributed by atoms with van der Waals surface area (Å²) < 4.78 is 19.7. The standard InChI is InChI=1S/C26H27FN4O6/c27-20-8-6-18(7-9-20)24(33)30-22(25(34)28-12-1-2-13-28)17-37-26(30)10-14-29(15-11-26)23(32)19-4-3-5-21(16-19)31(35)36/h3-9,16,22H,1-2,10-15,17H2. The monoisotopic (exact) mass is 510 g/mol. The summed E-state index contributed by atoms with van der Waals surface area (Å²) in [4.78, 5) is 55.6. The van der Waals surface area contributed by atoms with E-state index in [4.69, 9.17) is 4.74 Å². The second-order valence-electron chi connectivity index (χ2n) is 9.59. The van der Waals surface area contributed by atoms with Crippen LogP contribution in [0.4, 0.5) is 10.1 Å². The van der Waals surface area contributed by atoms with E-state index in [0.717, 1.165) is 12.8 Å². The zero-order chi connectivity index (χ0) is 26.2. The van der Waals surface area contributed by atoms with Crippen LogP contribution in [0, 0.1) is 15.9 Å². The van der Waals surface area contributed by atoms with Gasteiger partial charge in [-0.25, -0.2) is 4.39 Å². The number of carbonyl (C=O) groups is 3. The molecule has 0 bridgehead atoms. The first kappa shape index (κ1) is 24.8. The van der Waals surface area contributed by atoms with Crippen LogP contribution in [0.2, 0.25) is 0 Å². The van der Waals surface area contributed by atoms with Crippen LogP contribution in [0.1, 0.15) is 46.4 Å². The molecular formula is C26H27FN4O6. The molecule has 0 aliphatic carbocycles. The molecule has 11 heteroatoms. The van der Waals surface area contributed by atoms with Gasteiger partial charge in [0.25, 0.3) is 17.5 Å². The maximum atomic E-state index is 13.7. The minimum Gasteiger partial charge on any atom is -0.353 e. The Labute approximate surface area is 212 Å². The number of nitro groups is 1. The molecule has 5 rings (SSSR count). The molecule has 3 aliphatic rings. The van der Waals surface area contributed by atoms with E-state index in [-0.39, 0.29) is 61.2 Å². The first-order valence-electron chi connectivity index (χ1n) is 12.3. The molecule has 1 atom stereocenters. The fourth-order valence-electron chi connectivity index (χ4n) is 5.43. The molecule has 3 amide bonds. The number of non-ortho nitro benzene ring substituents is 1. The number of carbonyl (C=O) groups excluding carboxylic acids is 3. The molecule has 1 spiro atoms. The van der Waals surface area contributed by atoms with Gasteiger partial charge in [-0.05, 0) is 43.2 Å². The molecule has 0 aromatic heterocycles. The highest BCUT2D eigenvalue weighted by molar-refractivity contribution is 5.99. The second kappa shape index (κ2) is 9.89. The molecule has 194 valence electrons. The molecule has 3 aliphatic heterocycles. The van der Waals surface area contributed by atoms with Crippen molar-refractivity contribution >= 4 is 23.4 Å². The van der Waals surface area contributed by atoms with E-state index in [0.29, 0.717) is 13.1 Å². The highest BCUT2D eigenvalue weighted by Gasteiger charge is 2.55. The van der Waals surface area contributed by atoms with Crippen molar-refractivity contribution in [2.45, 2.75) is 37.5 Å². The number of halogens is 1. The van der Waals surface area contributed by atoms with Crippen LogP contribution in [0.15, 0.2) is 48.5 Å². The quantitative estimate of drug-likeness (QED) is 0.462. The van der Waals surface area contributed by atoms with Crippen molar-refractivity contribution < 1.29 is 28.4 Å². The summed E-state index contributed by atoms with van der Waals surface area (Å²) in [7, 11) is 0. The lowest BCUT2D eigenvalue weighted by Crippen LogP contribution is -2.60. The molecule has 37 heavy (non-hydrogen) atoms. The van der Waals surface area contributed by atoms with E-state index in [1.54, 1.807) is 9.80 Å². The van der Waals surface area contributed by atoms with Crippen molar-refractivity contribution in [1.29, 1.82) is 0 Å². The first-order chi connectivity index (χ1) is 17.8. The Hall–Kier alpha value is -3.86. The molecule has 0 N–H and O–H groups in total. The average Bonchev–Trinajstić information content (AvgIpc) is 3.57. The Balaban J connectivity index is 1.38. The molecule has 3 heterocycles. The molecule has 2 aromatic carbocycles. The molecule has 3 saturated heterocycles. The molecule has 2 aromatic rings. The van der Waals surface area contributed by atoms with Gasteiger partial charge in [0.2, 0.25) is 5.91 Å². The minimum atomic E-state index is -1.09. The Morgan fingerprint density at radius 2 is 1.59 bits per heavy atom. The third-order valence-electron chi connectivity index (χ3n) is 7.41. The highest BCUT2D eigenvalue weighted by Crippen LogP contribution is 2.39. The van der Waals surface area contributed by atoms with E-state index >= 15 is 0 Å². The number of ether oxygens (including phenoxy) is 1. The number of nitro benzene ring substituents is 1. The summed E-state index contributed by atoms with van der Waals surface area (Å²) in [6.07, 6.45) is 2.35. The number of amides is 3. The van der Waals surface area contributed by atoms with Crippen molar-refractivity contribution in [1.82, 2.24) is 14.7 Å². The lowest BCUT2D eigenvalue weighted by Gasteiger charge is -2.44. The zero-order valence-corrected chi connectivity index (χ0v) is 20.2. The van der Waals surface area contributed by atoms with Gasteiger partial charge in [-0.3, -0.25) is 29.4 Å². The SMILES string of the molecule is O=C(c1cccc([N+](=O)[O-])c1)N1CCC2(CC1)OCC(C(=O)N1CCCC1)N2C(=O)c1ccc(F)cc1. The number of nitrogens with zero attached hydrogens (tertiary/aromatic N) is 4. The Morgan fingerprint density at radius 1 is 0.919 bits per heavy atom. The normalized spacial score (nSPS) is 20.9. The van der Waals surface area contributed by atoms with Crippen molar-refractivity contribution in [2.75, 3.05) is 32.8 Å². The summed E-state index contributed by atoms with van der Waals surface area (Å²) in [6.45, 7) is 1.78. The van der Waals surface area contributed by atoms with Crippen LogP contribution in [0.3, 0.4) is 0 Å². The lowest BCUT2D eigenvalue weighted by atomic mass is 9.96.